The predicted octanol–water partition coefficient (Wildman–Crippen LogP) is 2.55. The smallest absolute Gasteiger partial charge is 0.341 e. The summed E-state index contributed by atoms with van der Waals surface area (Å²) in [7, 11) is 0. The maximum Gasteiger partial charge on any atom is 0.341 e. The van der Waals surface area contributed by atoms with Crippen LogP contribution in [0.15, 0.2) is 10.5 Å². The summed E-state index contributed by atoms with van der Waals surface area (Å²) in [5.74, 6) is -0.0953. The van der Waals surface area contributed by atoms with Gasteiger partial charge in [-0.25, -0.2) is 4.79 Å². The molecule has 5 heteroatoms. The van der Waals surface area contributed by atoms with Gasteiger partial charge in [-0.05, 0) is 6.92 Å². The molecule has 1 aromatic rings. The molecule has 1 rings (SSSR count). The fourth-order valence-corrected chi connectivity index (χ4v) is 1.50. The number of esters is 1. The Kier molecular flexibility index (Phi) is 4.08. The van der Waals surface area contributed by atoms with Crippen molar-refractivity contribution in [1.29, 1.82) is 0 Å². The third-order valence-electron chi connectivity index (χ3n) is 1.77. The van der Waals surface area contributed by atoms with E-state index in [0.717, 1.165) is 0 Å². The Bertz CT molecular complexity index is 381. The summed E-state index contributed by atoms with van der Waals surface area (Å²) in [5, 5.41) is 0.369. The molecule has 0 N–H and O–H groups in total. The lowest BCUT2D eigenvalue weighted by molar-refractivity contribution is 0.0524. The first kappa shape index (κ1) is 12.0. The highest BCUT2D eigenvalue weighted by Crippen LogP contribution is 2.19. The summed E-state index contributed by atoms with van der Waals surface area (Å²) in [4.78, 5) is 22.5. The second-order valence-corrected chi connectivity index (χ2v) is 3.42. The first-order chi connectivity index (χ1) is 7.10. The molecule has 0 radical (unpaired) electrons. The van der Waals surface area contributed by atoms with Gasteiger partial charge in [0.15, 0.2) is 11.5 Å². The first-order valence-corrected chi connectivity index (χ1v) is 5.59. The van der Waals surface area contributed by atoms with Gasteiger partial charge < -0.3 is 9.15 Å². The predicted molar refractivity (Wildman–Crippen MR) is 57.3 cm³/mol. The van der Waals surface area contributed by atoms with Crippen molar-refractivity contribution in [1.82, 2.24) is 0 Å². The van der Waals surface area contributed by atoms with E-state index in [1.165, 1.54) is 13.0 Å². The molecule has 82 valence electrons. The second kappa shape index (κ2) is 5.11. The van der Waals surface area contributed by atoms with Gasteiger partial charge in [-0.2, -0.15) is 0 Å². The molecule has 0 aliphatic carbocycles. The number of rotatable bonds is 4. The largest absolute Gasteiger partial charge is 0.462 e. The lowest BCUT2D eigenvalue weighted by Crippen LogP contribution is -2.05. The Hall–Kier alpha value is -1.10. The number of ether oxygens (including phenoxy) is 1. The van der Waals surface area contributed by atoms with Crippen LogP contribution in [0.1, 0.15) is 40.5 Å². The van der Waals surface area contributed by atoms with Crippen LogP contribution < -0.4 is 0 Å². The molecule has 0 spiro atoms. The summed E-state index contributed by atoms with van der Waals surface area (Å²) in [5.41, 5.74) is 0.305. The van der Waals surface area contributed by atoms with Crippen LogP contribution in [0.2, 0.25) is 0 Å². The van der Waals surface area contributed by atoms with Gasteiger partial charge in [0.05, 0.1) is 11.9 Å². The maximum atomic E-state index is 11.4. The Balaban J connectivity index is 3.05. The number of carbonyl (C=O) groups excluding carboxylic acids is 2. The highest BCUT2D eigenvalue weighted by atomic mass is 79.9. The number of hydrogen-bond donors (Lipinski definition) is 0. The molecule has 4 nitrogen and oxygen atoms in total. The van der Waals surface area contributed by atoms with E-state index >= 15 is 0 Å². The Labute approximate surface area is 95.7 Å². The molecule has 0 bridgehead atoms. The molecule has 0 fully saturated rings. The number of alkyl halides is 1. The van der Waals surface area contributed by atoms with Gasteiger partial charge in [-0.3, -0.25) is 4.79 Å². The minimum Gasteiger partial charge on any atom is -0.462 e. The van der Waals surface area contributed by atoms with Crippen molar-refractivity contribution in [2.45, 2.75) is 19.2 Å². The minimum atomic E-state index is -0.469. The number of halogens is 1. The maximum absolute atomic E-state index is 11.4. The van der Waals surface area contributed by atoms with Crippen LogP contribution >= 0.6 is 15.9 Å². The summed E-state index contributed by atoms with van der Waals surface area (Å²) in [6, 6.07) is 1.41. The van der Waals surface area contributed by atoms with E-state index < -0.39 is 5.97 Å². The quantitative estimate of drug-likeness (QED) is 0.481. The van der Waals surface area contributed by atoms with E-state index in [1.54, 1.807) is 6.92 Å². The zero-order valence-electron chi connectivity index (χ0n) is 8.50. The number of ketones is 1. The number of Topliss-reactive ketones (excluding diaryl/α,β-unsaturated/α-hetero) is 1. The summed E-state index contributed by atoms with van der Waals surface area (Å²) in [6.07, 6.45) is 0. The number of furan rings is 1. The average molecular weight is 275 g/mol. The summed E-state index contributed by atoms with van der Waals surface area (Å²) < 4.78 is 10.0. The van der Waals surface area contributed by atoms with Crippen LogP contribution in [0.4, 0.5) is 0 Å². The van der Waals surface area contributed by atoms with Crippen molar-refractivity contribution in [3.63, 3.8) is 0 Å². The van der Waals surface area contributed by atoms with Crippen LogP contribution in [-0.4, -0.2) is 18.4 Å². The molecule has 0 aliphatic heterocycles. The van der Waals surface area contributed by atoms with Crippen molar-refractivity contribution in [2.75, 3.05) is 6.61 Å². The molecule has 0 unspecified atom stereocenters. The highest BCUT2D eigenvalue weighted by molar-refractivity contribution is 9.08. The molecule has 0 aliphatic rings. The van der Waals surface area contributed by atoms with Gasteiger partial charge in [-0.1, -0.05) is 15.9 Å². The van der Waals surface area contributed by atoms with Crippen molar-refractivity contribution < 1.29 is 18.7 Å². The molecule has 1 aromatic heterocycles. The van der Waals surface area contributed by atoms with Gasteiger partial charge >= 0.3 is 5.97 Å². The SMILES string of the molecule is CCOC(=O)c1cc(C(C)=O)oc1CBr. The molecule has 0 saturated heterocycles. The molecular weight excluding hydrogens is 264 g/mol. The van der Waals surface area contributed by atoms with Gasteiger partial charge in [0.1, 0.15) is 11.3 Å². The minimum absolute atomic E-state index is 0.174. The summed E-state index contributed by atoms with van der Waals surface area (Å²) in [6.45, 7) is 3.39. The monoisotopic (exact) mass is 274 g/mol. The zero-order valence-corrected chi connectivity index (χ0v) is 10.1. The fourth-order valence-electron chi connectivity index (χ4n) is 1.08. The Morgan fingerprint density at radius 3 is 2.67 bits per heavy atom. The molecule has 15 heavy (non-hydrogen) atoms. The first-order valence-electron chi connectivity index (χ1n) is 4.46. The molecular formula is C10H11BrO4. The van der Waals surface area contributed by atoms with Crippen LogP contribution in [0, 0.1) is 0 Å². The van der Waals surface area contributed by atoms with Crippen LogP contribution in [-0.2, 0) is 10.1 Å². The standard InChI is InChI=1S/C10H11BrO4/c1-3-14-10(13)7-4-8(6(2)12)15-9(7)5-11/h4H,3,5H2,1-2H3. The fraction of sp³-hybridized carbons (Fsp3) is 0.400. The zero-order chi connectivity index (χ0) is 11.4. The third kappa shape index (κ3) is 2.68. The van der Waals surface area contributed by atoms with E-state index in [1.807, 2.05) is 0 Å². The Morgan fingerprint density at radius 2 is 2.20 bits per heavy atom. The molecule has 0 amide bonds. The van der Waals surface area contributed by atoms with Crippen LogP contribution in [0.25, 0.3) is 0 Å². The number of carbonyl (C=O) groups is 2. The van der Waals surface area contributed by atoms with Gasteiger partial charge in [0.25, 0.3) is 0 Å². The van der Waals surface area contributed by atoms with Gasteiger partial charge in [-0.15, -0.1) is 0 Å². The summed E-state index contributed by atoms with van der Waals surface area (Å²) >= 11 is 3.18. The van der Waals surface area contributed by atoms with Crippen molar-refractivity contribution in [3.05, 3.63) is 23.2 Å². The van der Waals surface area contributed by atoms with E-state index in [0.29, 0.717) is 23.3 Å². The lowest BCUT2D eigenvalue weighted by Gasteiger charge is -1.98. The molecule has 0 saturated carbocycles. The van der Waals surface area contributed by atoms with E-state index in [4.69, 9.17) is 9.15 Å². The van der Waals surface area contributed by atoms with E-state index in [-0.39, 0.29) is 11.5 Å². The highest BCUT2D eigenvalue weighted by Gasteiger charge is 2.19. The van der Waals surface area contributed by atoms with Crippen molar-refractivity contribution in [2.24, 2.45) is 0 Å². The molecule has 0 atom stereocenters. The lowest BCUT2D eigenvalue weighted by atomic mass is 10.2. The van der Waals surface area contributed by atoms with E-state index in [2.05, 4.69) is 15.9 Å². The van der Waals surface area contributed by atoms with Crippen LogP contribution in [0.3, 0.4) is 0 Å². The Morgan fingerprint density at radius 1 is 1.53 bits per heavy atom. The normalized spacial score (nSPS) is 10.1. The molecule has 0 aromatic carbocycles. The van der Waals surface area contributed by atoms with Crippen LogP contribution in [0.5, 0.6) is 0 Å². The van der Waals surface area contributed by atoms with Crippen molar-refractivity contribution >= 4 is 27.7 Å². The van der Waals surface area contributed by atoms with E-state index in [9.17, 15) is 9.59 Å². The topological polar surface area (TPSA) is 56.5 Å². The van der Waals surface area contributed by atoms with Crippen molar-refractivity contribution in [3.8, 4) is 0 Å². The second-order valence-electron chi connectivity index (χ2n) is 2.86. The van der Waals surface area contributed by atoms with Gasteiger partial charge in [0.2, 0.25) is 0 Å². The average Bonchev–Trinajstić information content (AvgIpc) is 2.61. The molecule has 1 heterocycles. The third-order valence-corrected chi connectivity index (χ3v) is 2.28. The van der Waals surface area contributed by atoms with Gasteiger partial charge in [0, 0.05) is 13.0 Å². The number of hydrogen-bond acceptors (Lipinski definition) is 4.